The summed E-state index contributed by atoms with van der Waals surface area (Å²) in [5.74, 6) is 0.474. The molecule has 0 bridgehead atoms. The van der Waals surface area contributed by atoms with Crippen LogP contribution in [0, 0.1) is 5.92 Å². The summed E-state index contributed by atoms with van der Waals surface area (Å²) in [4.78, 5) is 21.7. The molecule has 1 fully saturated rings. The van der Waals surface area contributed by atoms with Gasteiger partial charge in [0.05, 0.1) is 31.7 Å². The summed E-state index contributed by atoms with van der Waals surface area (Å²) in [6.45, 7) is 1.32. The minimum absolute atomic E-state index is 0.197. The van der Waals surface area contributed by atoms with Gasteiger partial charge in [0.15, 0.2) is 4.73 Å². The maximum atomic E-state index is 11.1. The van der Waals surface area contributed by atoms with Crippen molar-refractivity contribution in [3.8, 4) is 0 Å². The van der Waals surface area contributed by atoms with E-state index in [1.807, 2.05) is 12.4 Å². The number of hydrogen-bond acceptors (Lipinski definition) is 6. The van der Waals surface area contributed by atoms with Crippen molar-refractivity contribution in [1.29, 1.82) is 0 Å². The molecule has 1 aromatic rings. The molecular formula is C15H23BrN4O2. The Labute approximate surface area is 139 Å². The van der Waals surface area contributed by atoms with E-state index in [-0.39, 0.29) is 5.97 Å². The number of rotatable bonds is 6. The fourth-order valence-corrected chi connectivity index (χ4v) is 3.05. The highest BCUT2D eigenvalue weighted by Crippen LogP contribution is 2.26. The third-order valence-electron chi connectivity index (χ3n) is 4.19. The number of nitrogens with one attached hydrogen (secondary N) is 1. The summed E-state index contributed by atoms with van der Waals surface area (Å²) in [5.41, 5.74) is 1.04. The summed E-state index contributed by atoms with van der Waals surface area (Å²) >= 11 is 3.25. The molecule has 0 aliphatic heterocycles. The highest BCUT2D eigenvalue weighted by atomic mass is 79.9. The van der Waals surface area contributed by atoms with Crippen molar-refractivity contribution >= 4 is 27.6 Å². The molecule has 0 aromatic carbocycles. The molecule has 0 spiro atoms. The first-order valence-corrected chi connectivity index (χ1v) is 8.36. The molecule has 22 heavy (non-hydrogen) atoms. The van der Waals surface area contributed by atoms with E-state index in [4.69, 9.17) is 0 Å². The zero-order valence-corrected chi connectivity index (χ0v) is 14.7. The Morgan fingerprint density at radius 3 is 2.59 bits per heavy atom. The van der Waals surface area contributed by atoms with Gasteiger partial charge < -0.3 is 15.0 Å². The average molecular weight is 371 g/mol. The maximum Gasteiger partial charge on any atom is 0.319 e. The number of halogens is 1. The first-order valence-electron chi connectivity index (χ1n) is 7.57. The SMILES string of the molecule is COC(=O)CNC1CCC(CN(C)c2cnc(Br)nc2)CC1. The van der Waals surface area contributed by atoms with Crippen LogP contribution < -0.4 is 10.2 Å². The molecule has 0 radical (unpaired) electrons. The highest BCUT2D eigenvalue weighted by Gasteiger charge is 2.22. The van der Waals surface area contributed by atoms with Crippen LogP contribution in [0.3, 0.4) is 0 Å². The van der Waals surface area contributed by atoms with Gasteiger partial charge in [0, 0.05) is 19.6 Å². The molecule has 0 unspecified atom stereocenters. The number of esters is 1. The monoisotopic (exact) mass is 370 g/mol. The Hall–Kier alpha value is -1.21. The summed E-state index contributed by atoms with van der Waals surface area (Å²) < 4.78 is 5.26. The Balaban J connectivity index is 1.72. The van der Waals surface area contributed by atoms with E-state index in [9.17, 15) is 4.79 Å². The lowest BCUT2D eigenvalue weighted by molar-refractivity contribution is -0.139. The van der Waals surface area contributed by atoms with Gasteiger partial charge in [0.25, 0.3) is 0 Å². The van der Waals surface area contributed by atoms with Crippen LogP contribution in [0.25, 0.3) is 0 Å². The minimum Gasteiger partial charge on any atom is -0.468 e. The highest BCUT2D eigenvalue weighted by molar-refractivity contribution is 9.10. The third-order valence-corrected chi connectivity index (χ3v) is 4.60. The number of aromatic nitrogens is 2. The Morgan fingerprint density at radius 2 is 2.00 bits per heavy atom. The maximum absolute atomic E-state index is 11.1. The molecular weight excluding hydrogens is 348 g/mol. The number of hydrogen-bond donors (Lipinski definition) is 1. The number of methoxy groups -OCH3 is 1. The van der Waals surface area contributed by atoms with Crippen LogP contribution in [0.4, 0.5) is 5.69 Å². The van der Waals surface area contributed by atoms with Crippen molar-refractivity contribution in [2.24, 2.45) is 5.92 Å². The van der Waals surface area contributed by atoms with E-state index in [1.165, 1.54) is 20.0 Å². The van der Waals surface area contributed by atoms with Gasteiger partial charge in [0.1, 0.15) is 0 Å². The van der Waals surface area contributed by atoms with Gasteiger partial charge in [-0.2, -0.15) is 0 Å². The molecule has 0 saturated heterocycles. The molecule has 1 aliphatic carbocycles. The van der Waals surface area contributed by atoms with Crippen LogP contribution in [0.15, 0.2) is 17.1 Å². The summed E-state index contributed by atoms with van der Waals surface area (Å²) in [6.07, 6.45) is 8.21. The molecule has 1 heterocycles. The molecule has 1 aliphatic rings. The number of nitrogens with zero attached hydrogens (tertiary/aromatic N) is 3. The summed E-state index contributed by atoms with van der Waals surface area (Å²) in [6, 6.07) is 0.427. The summed E-state index contributed by atoms with van der Waals surface area (Å²) in [5, 5.41) is 3.27. The Morgan fingerprint density at radius 1 is 1.36 bits per heavy atom. The lowest BCUT2D eigenvalue weighted by atomic mass is 9.85. The molecule has 0 atom stereocenters. The van der Waals surface area contributed by atoms with Crippen molar-refractivity contribution in [3.63, 3.8) is 0 Å². The fourth-order valence-electron chi connectivity index (χ4n) is 2.84. The second-order valence-corrected chi connectivity index (χ2v) is 6.47. The molecule has 6 nitrogen and oxygen atoms in total. The van der Waals surface area contributed by atoms with Gasteiger partial charge in [-0.3, -0.25) is 4.79 Å². The Bertz CT molecular complexity index is 475. The van der Waals surface area contributed by atoms with Crippen LogP contribution in [-0.2, 0) is 9.53 Å². The van der Waals surface area contributed by atoms with Gasteiger partial charge in [-0.25, -0.2) is 9.97 Å². The van der Waals surface area contributed by atoms with E-state index in [2.05, 4.69) is 47.9 Å². The van der Waals surface area contributed by atoms with Crippen LogP contribution in [0.5, 0.6) is 0 Å². The van der Waals surface area contributed by atoms with Gasteiger partial charge in [-0.1, -0.05) is 0 Å². The lowest BCUT2D eigenvalue weighted by Gasteiger charge is -2.32. The zero-order chi connectivity index (χ0) is 15.9. The van der Waals surface area contributed by atoms with E-state index in [1.54, 1.807) is 0 Å². The van der Waals surface area contributed by atoms with E-state index < -0.39 is 0 Å². The molecule has 1 aromatic heterocycles. The van der Waals surface area contributed by atoms with Crippen LogP contribution in [-0.4, -0.2) is 49.2 Å². The molecule has 7 heteroatoms. The van der Waals surface area contributed by atoms with Gasteiger partial charge in [0.2, 0.25) is 0 Å². The van der Waals surface area contributed by atoms with Gasteiger partial charge >= 0.3 is 5.97 Å². The molecule has 1 saturated carbocycles. The van der Waals surface area contributed by atoms with Crippen LogP contribution in [0.1, 0.15) is 25.7 Å². The third kappa shape index (κ3) is 5.21. The zero-order valence-electron chi connectivity index (χ0n) is 13.1. The normalized spacial score (nSPS) is 21.4. The fraction of sp³-hybridized carbons (Fsp3) is 0.667. The minimum atomic E-state index is -0.197. The standard InChI is InChI=1S/C15H23BrN4O2/c1-20(13-7-18-15(16)19-8-13)10-11-3-5-12(6-4-11)17-9-14(21)22-2/h7-8,11-12,17H,3-6,9-10H2,1-2H3. The number of ether oxygens (including phenoxy) is 1. The first kappa shape index (κ1) is 17.1. The van der Waals surface area contributed by atoms with Gasteiger partial charge in [-0.05, 0) is 47.5 Å². The predicted octanol–water partition coefficient (Wildman–Crippen LogP) is 2.00. The quantitative estimate of drug-likeness (QED) is 0.610. The summed E-state index contributed by atoms with van der Waals surface area (Å²) in [7, 11) is 3.50. The first-order chi connectivity index (χ1) is 10.6. The van der Waals surface area contributed by atoms with Crippen LogP contribution >= 0.6 is 15.9 Å². The van der Waals surface area contributed by atoms with E-state index >= 15 is 0 Å². The lowest BCUT2D eigenvalue weighted by Crippen LogP contribution is -2.38. The van der Waals surface area contributed by atoms with E-state index in [0.717, 1.165) is 25.1 Å². The van der Waals surface area contributed by atoms with Gasteiger partial charge in [-0.15, -0.1) is 0 Å². The molecule has 1 N–H and O–H groups in total. The van der Waals surface area contributed by atoms with Crippen LogP contribution in [0.2, 0.25) is 0 Å². The topological polar surface area (TPSA) is 67.3 Å². The van der Waals surface area contributed by atoms with Crippen molar-refractivity contribution in [2.45, 2.75) is 31.7 Å². The second kappa shape index (κ2) is 8.43. The second-order valence-electron chi connectivity index (χ2n) is 5.77. The average Bonchev–Trinajstić information content (AvgIpc) is 2.54. The van der Waals surface area contributed by atoms with Crippen molar-refractivity contribution < 1.29 is 9.53 Å². The smallest absolute Gasteiger partial charge is 0.319 e. The molecule has 0 amide bonds. The van der Waals surface area contributed by atoms with Crippen molar-refractivity contribution in [2.75, 3.05) is 32.1 Å². The predicted molar refractivity (Wildman–Crippen MR) is 88.8 cm³/mol. The molecule has 122 valence electrons. The van der Waals surface area contributed by atoms with Crippen molar-refractivity contribution in [1.82, 2.24) is 15.3 Å². The number of carbonyl (C=O) groups is 1. The largest absolute Gasteiger partial charge is 0.468 e. The Kier molecular flexibility index (Phi) is 6.57. The number of anilines is 1. The van der Waals surface area contributed by atoms with Crippen molar-refractivity contribution in [3.05, 3.63) is 17.1 Å². The van der Waals surface area contributed by atoms with E-state index in [0.29, 0.717) is 23.2 Å². The molecule has 2 rings (SSSR count). The number of carbonyl (C=O) groups excluding carboxylic acids is 1.